The molecular weight excluding hydrogens is 228 g/mol. The summed E-state index contributed by atoms with van der Waals surface area (Å²) in [6, 6.07) is 8.28. The highest BCUT2D eigenvalue weighted by Gasteiger charge is 2.42. The lowest BCUT2D eigenvalue weighted by molar-refractivity contribution is -0.145. The van der Waals surface area contributed by atoms with E-state index >= 15 is 0 Å². The first-order chi connectivity index (χ1) is 8.33. The van der Waals surface area contributed by atoms with Crippen LogP contribution in [0, 0.1) is 0 Å². The fourth-order valence-electron chi connectivity index (χ4n) is 2.33. The first-order valence-electron chi connectivity index (χ1n) is 6.24. The minimum absolute atomic E-state index is 0.120. The lowest BCUT2D eigenvalue weighted by atomic mass is 9.75. The molecule has 0 saturated carbocycles. The number of carboxylic acids is 1. The summed E-state index contributed by atoms with van der Waals surface area (Å²) in [5, 5.41) is 9.00. The standard InChI is InChI=1S/C15H20O3/c1-14(2,3)11-4-6-12(7-5-11)15(8-13(16)17)9-18-10-15/h4-7H,8-10H2,1-3H3,(H,16,17). The molecule has 1 aliphatic heterocycles. The topological polar surface area (TPSA) is 46.5 Å². The second-order valence-corrected chi connectivity index (χ2v) is 6.17. The van der Waals surface area contributed by atoms with Crippen LogP contribution < -0.4 is 0 Å². The zero-order valence-corrected chi connectivity index (χ0v) is 11.2. The summed E-state index contributed by atoms with van der Waals surface area (Å²) in [7, 11) is 0. The highest BCUT2D eigenvalue weighted by molar-refractivity contribution is 5.69. The van der Waals surface area contributed by atoms with E-state index in [1.54, 1.807) is 0 Å². The van der Waals surface area contributed by atoms with Crippen LogP contribution in [0.4, 0.5) is 0 Å². The van der Waals surface area contributed by atoms with Gasteiger partial charge in [0.15, 0.2) is 0 Å². The Labute approximate surface area is 108 Å². The Morgan fingerprint density at radius 3 is 2.17 bits per heavy atom. The molecule has 1 fully saturated rings. The smallest absolute Gasteiger partial charge is 0.304 e. The number of benzene rings is 1. The van der Waals surface area contributed by atoms with E-state index in [0.29, 0.717) is 13.2 Å². The van der Waals surface area contributed by atoms with Crippen LogP contribution in [0.2, 0.25) is 0 Å². The Balaban J connectivity index is 2.25. The summed E-state index contributed by atoms with van der Waals surface area (Å²) < 4.78 is 5.23. The van der Waals surface area contributed by atoms with Crippen LogP contribution in [0.15, 0.2) is 24.3 Å². The molecule has 3 heteroatoms. The van der Waals surface area contributed by atoms with Crippen LogP contribution in [-0.4, -0.2) is 24.3 Å². The second-order valence-electron chi connectivity index (χ2n) is 6.17. The number of hydrogen-bond donors (Lipinski definition) is 1. The number of ether oxygens (including phenoxy) is 1. The van der Waals surface area contributed by atoms with Gasteiger partial charge in [0, 0.05) is 0 Å². The van der Waals surface area contributed by atoms with Gasteiger partial charge in [-0.2, -0.15) is 0 Å². The van der Waals surface area contributed by atoms with Gasteiger partial charge < -0.3 is 9.84 Å². The summed E-state index contributed by atoms with van der Waals surface area (Å²) in [6.45, 7) is 7.52. The van der Waals surface area contributed by atoms with E-state index in [2.05, 4.69) is 32.9 Å². The molecule has 0 atom stereocenters. The molecule has 0 radical (unpaired) electrons. The third-order valence-electron chi connectivity index (χ3n) is 3.61. The van der Waals surface area contributed by atoms with Gasteiger partial charge in [-0.3, -0.25) is 4.79 Å². The van der Waals surface area contributed by atoms with Gasteiger partial charge >= 0.3 is 5.97 Å². The maximum Gasteiger partial charge on any atom is 0.304 e. The molecular formula is C15H20O3. The normalized spacial score (nSPS) is 18.2. The van der Waals surface area contributed by atoms with Gasteiger partial charge in [0.2, 0.25) is 0 Å². The highest BCUT2D eigenvalue weighted by Crippen LogP contribution is 2.36. The van der Waals surface area contributed by atoms with E-state index < -0.39 is 5.97 Å². The van der Waals surface area contributed by atoms with Crippen molar-refractivity contribution >= 4 is 5.97 Å². The lowest BCUT2D eigenvalue weighted by Gasteiger charge is -2.41. The van der Waals surface area contributed by atoms with Gasteiger partial charge in [-0.15, -0.1) is 0 Å². The van der Waals surface area contributed by atoms with E-state index in [1.807, 2.05) is 12.1 Å². The summed E-state index contributed by atoms with van der Waals surface area (Å²) in [5.74, 6) is -0.766. The third kappa shape index (κ3) is 2.41. The van der Waals surface area contributed by atoms with Crippen molar-refractivity contribution < 1.29 is 14.6 Å². The molecule has 1 N–H and O–H groups in total. The monoisotopic (exact) mass is 248 g/mol. The molecule has 0 unspecified atom stereocenters. The maximum atomic E-state index is 11.0. The van der Waals surface area contributed by atoms with Crippen LogP contribution in [0.3, 0.4) is 0 Å². The molecule has 1 saturated heterocycles. The average Bonchev–Trinajstić information content (AvgIpc) is 2.22. The van der Waals surface area contributed by atoms with Crippen LogP contribution in [0.5, 0.6) is 0 Å². The number of hydrogen-bond acceptors (Lipinski definition) is 2. The number of aliphatic carboxylic acids is 1. The first-order valence-corrected chi connectivity index (χ1v) is 6.24. The van der Waals surface area contributed by atoms with Crippen molar-refractivity contribution in [2.45, 2.75) is 38.0 Å². The molecule has 1 aliphatic rings. The Bertz CT molecular complexity index is 436. The van der Waals surface area contributed by atoms with Crippen molar-refractivity contribution in [3.8, 4) is 0 Å². The fourth-order valence-corrected chi connectivity index (χ4v) is 2.33. The van der Waals surface area contributed by atoms with Crippen molar-refractivity contribution in [1.29, 1.82) is 0 Å². The van der Waals surface area contributed by atoms with Gasteiger partial charge in [0.1, 0.15) is 0 Å². The Morgan fingerprint density at radius 1 is 1.28 bits per heavy atom. The van der Waals surface area contributed by atoms with Crippen molar-refractivity contribution in [2.24, 2.45) is 0 Å². The quantitative estimate of drug-likeness (QED) is 0.894. The van der Waals surface area contributed by atoms with Gasteiger partial charge in [0.25, 0.3) is 0 Å². The largest absolute Gasteiger partial charge is 0.481 e. The van der Waals surface area contributed by atoms with Crippen molar-refractivity contribution in [1.82, 2.24) is 0 Å². The summed E-state index contributed by atoms with van der Waals surface area (Å²) in [6.07, 6.45) is 0.141. The molecule has 1 aromatic carbocycles. The predicted molar refractivity (Wildman–Crippen MR) is 69.9 cm³/mol. The molecule has 1 heterocycles. The van der Waals surface area contributed by atoms with Crippen LogP contribution in [0.25, 0.3) is 0 Å². The van der Waals surface area contributed by atoms with E-state index in [0.717, 1.165) is 5.56 Å². The van der Waals surface area contributed by atoms with Gasteiger partial charge in [-0.25, -0.2) is 0 Å². The molecule has 0 aromatic heterocycles. The molecule has 98 valence electrons. The predicted octanol–water partition coefficient (Wildman–Crippen LogP) is 2.73. The summed E-state index contributed by atoms with van der Waals surface area (Å²) in [4.78, 5) is 11.0. The molecule has 0 bridgehead atoms. The molecule has 0 amide bonds. The van der Waals surface area contributed by atoms with Gasteiger partial charge in [0.05, 0.1) is 25.0 Å². The number of rotatable bonds is 3. The van der Waals surface area contributed by atoms with Crippen molar-refractivity contribution in [2.75, 3.05) is 13.2 Å². The van der Waals surface area contributed by atoms with Gasteiger partial charge in [-0.05, 0) is 16.5 Å². The van der Waals surface area contributed by atoms with Gasteiger partial charge in [-0.1, -0.05) is 45.0 Å². The Morgan fingerprint density at radius 2 is 1.83 bits per heavy atom. The van der Waals surface area contributed by atoms with E-state index in [9.17, 15) is 4.79 Å². The Kier molecular flexibility index (Phi) is 3.20. The lowest BCUT2D eigenvalue weighted by Crippen LogP contribution is -2.48. The fraction of sp³-hybridized carbons (Fsp3) is 0.533. The molecule has 3 nitrogen and oxygen atoms in total. The zero-order chi connectivity index (χ0) is 13.4. The molecule has 1 aromatic rings. The van der Waals surface area contributed by atoms with E-state index in [4.69, 9.17) is 9.84 Å². The van der Waals surface area contributed by atoms with Crippen LogP contribution in [-0.2, 0) is 20.4 Å². The van der Waals surface area contributed by atoms with E-state index in [1.165, 1.54) is 5.56 Å². The van der Waals surface area contributed by atoms with Crippen LogP contribution in [0.1, 0.15) is 38.3 Å². The maximum absolute atomic E-state index is 11.0. The van der Waals surface area contributed by atoms with Crippen LogP contribution >= 0.6 is 0 Å². The second kappa shape index (κ2) is 4.39. The van der Waals surface area contributed by atoms with Crippen molar-refractivity contribution in [3.05, 3.63) is 35.4 Å². The first kappa shape index (κ1) is 13.1. The number of carbonyl (C=O) groups is 1. The average molecular weight is 248 g/mol. The third-order valence-corrected chi connectivity index (χ3v) is 3.61. The summed E-state index contributed by atoms with van der Waals surface area (Å²) >= 11 is 0. The molecule has 0 aliphatic carbocycles. The minimum Gasteiger partial charge on any atom is -0.481 e. The number of carboxylic acid groups (broad SMARTS) is 1. The van der Waals surface area contributed by atoms with E-state index in [-0.39, 0.29) is 17.3 Å². The SMILES string of the molecule is CC(C)(C)c1ccc(C2(CC(=O)O)COC2)cc1. The summed E-state index contributed by atoms with van der Waals surface area (Å²) in [5.41, 5.74) is 2.14. The zero-order valence-electron chi connectivity index (χ0n) is 11.2. The van der Waals surface area contributed by atoms with Crippen molar-refractivity contribution in [3.63, 3.8) is 0 Å². The molecule has 0 spiro atoms. The minimum atomic E-state index is -0.766. The molecule has 18 heavy (non-hydrogen) atoms. The highest BCUT2D eigenvalue weighted by atomic mass is 16.5. The Hall–Kier alpha value is -1.35. The molecule has 2 rings (SSSR count).